The van der Waals surface area contributed by atoms with Gasteiger partial charge in [-0.1, -0.05) is 36.2 Å². The zero-order valence-electron chi connectivity index (χ0n) is 20.8. The summed E-state index contributed by atoms with van der Waals surface area (Å²) >= 11 is 8.96. The normalized spacial score (nSPS) is 18.6. The van der Waals surface area contributed by atoms with Gasteiger partial charge in [0.1, 0.15) is 6.10 Å². The number of nitrogens with one attached hydrogen (secondary N) is 1. The van der Waals surface area contributed by atoms with E-state index < -0.39 is 35.8 Å². The largest absolute Gasteiger partial charge is 0.461 e. The van der Waals surface area contributed by atoms with E-state index in [1.54, 1.807) is 12.3 Å². The minimum atomic E-state index is -1.89. The molecule has 1 aliphatic rings. The maximum Gasteiger partial charge on any atom is 0.357 e. The predicted molar refractivity (Wildman–Crippen MR) is 146 cm³/mol. The summed E-state index contributed by atoms with van der Waals surface area (Å²) in [7, 11) is 0. The molecule has 202 valence electrons. The lowest BCUT2D eigenvalue weighted by atomic mass is 9.88. The van der Waals surface area contributed by atoms with E-state index in [-0.39, 0.29) is 24.8 Å². The molecule has 0 saturated heterocycles. The van der Waals surface area contributed by atoms with Gasteiger partial charge >= 0.3 is 5.97 Å². The Bertz CT molecular complexity index is 1290. The predicted octanol–water partition coefficient (Wildman–Crippen LogP) is 4.12. The Morgan fingerprint density at radius 2 is 1.95 bits per heavy atom. The van der Waals surface area contributed by atoms with Crippen LogP contribution >= 0.6 is 34.3 Å². The first-order valence-corrected chi connectivity index (χ1v) is 14.5. The number of ketones is 1. The van der Waals surface area contributed by atoms with E-state index in [9.17, 15) is 24.6 Å². The first-order chi connectivity index (χ1) is 18.3. The lowest BCUT2D eigenvalue weighted by Crippen LogP contribution is -2.47. The number of carbonyl (C=O) groups is 3. The van der Waals surface area contributed by atoms with Gasteiger partial charge in [-0.3, -0.25) is 9.59 Å². The van der Waals surface area contributed by atoms with Crippen LogP contribution in [-0.2, 0) is 27.3 Å². The van der Waals surface area contributed by atoms with Gasteiger partial charge in [-0.25, -0.2) is 9.78 Å². The van der Waals surface area contributed by atoms with Crippen LogP contribution in [0, 0.1) is 5.92 Å². The van der Waals surface area contributed by atoms with Crippen LogP contribution in [0.2, 0.25) is 5.02 Å². The zero-order valence-corrected chi connectivity index (χ0v) is 23.2. The summed E-state index contributed by atoms with van der Waals surface area (Å²) in [6.07, 6.45) is -1.19. The number of rotatable bonds is 11. The molecule has 1 unspecified atom stereocenters. The summed E-state index contributed by atoms with van der Waals surface area (Å²) in [5.41, 5.74) is 2.23. The SMILES string of the molecule is CCOC(=O)c1csc([C@H]2CCCC2C(=O)[C@H](O)[C@@H](O)C(=O)NCc2cc(Cc3ccccc3Cl)cs2)n1. The highest BCUT2D eigenvalue weighted by atomic mass is 35.5. The van der Waals surface area contributed by atoms with Gasteiger partial charge in [-0.2, -0.15) is 0 Å². The highest BCUT2D eigenvalue weighted by Gasteiger charge is 2.42. The number of carbonyl (C=O) groups excluding carboxylic acids is 3. The van der Waals surface area contributed by atoms with E-state index in [1.165, 1.54) is 22.7 Å². The van der Waals surface area contributed by atoms with Crippen molar-refractivity contribution in [3.8, 4) is 0 Å². The Labute approximate surface area is 233 Å². The van der Waals surface area contributed by atoms with Crippen molar-refractivity contribution in [1.82, 2.24) is 10.3 Å². The molecular weight excluding hydrogens is 548 g/mol. The summed E-state index contributed by atoms with van der Waals surface area (Å²) in [4.78, 5) is 42.8. The van der Waals surface area contributed by atoms with Crippen molar-refractivity contribution >= 4 is 51.9 Å². The summed E-state index contributed by atoms with van der Waals surface area (Å²) in [6, 6.07) is 9.54. The number of nitrogens with zero attached hydrogens (tertiary/aromatic N) is 1. The molecule has 0 radical (unpaired) electrons. The number of aromatic nitrogens is 1. The van der Waals surface area contributed by atoms with E-state index in [1.807, 2.05) is 35.7 Å². The molecule has 0 spiro atoms. The Balaban J connectivity index is 1.32. The van der Waals surface area contributed by atoms with Crippen molar-refractivity contribution in [1.29, 1.82) is 0 Å². The van der Waals surface area contributed by atoms with Gasteiger partial charge in [0.15, 0.2) is 17.6 Å². The number of benzene rings is 1. The molecule has 3 aromatic rings. The Morgan fingerprint density at radius 1 is 1.16 bits per heavy atom. The summed E-state index contributed by atoms with van der Waals surface area (Å²) in [6.45, 7) is 2.10. The van der Waals surface area contributed by atoms with Gasteiger partial charge in [-0.15, -0.1) is 22.7 Å². The summed E-state index contributed by atoms with van der Waals surface area (Å²) in [5, 5.41) is 28.5. The molecule has 1 saturated carbocycles. The molecule has 4 rings (SSSR count). The van der Waals surface area contributed by atoms with E-state index in [0.717, 1.165) is 22.4 Å². The quantitative estimate of drug-likeness (QED) is 0.293. The second kappa shape index (κ2) is 12.9. The van der Waals surface area contributed by atoms with Gasteiger partial charge in [0, 0.05) is 27.1 Å². The molecular formula is C27H29ClN2O6S2. The van der Waals surface area contributed by atoms with Gasteiger partial charge in [0.2, 0.25) is 0 Å². The minimum absolute atomic E-state index is 0.159. The van der Waals surface area contributed by atoms with Crippen LogP contribution in [-0.4, -0.2) is 51.7 Å². The lowest BCUT2D eigenvalue weighted by molar-refractivity contribution is -0.147. The molecule has 0 aliphatic heterocycles. The van der Waals surface area contributed by atoms with E-state index >= 15 is 0 Å². The summed E-state index contributed by atoms with van der Waals surface area (Å²) < 4.78 is 4.98. The number of hydrogen-bond donors (Lipinski definition) is 3. The number of amides is 1. The van der Waals surface area contributed by atoms with Crippen molar-refractivity contribution < 1.29 is 29.3 Å². The smallest absolute Gasteiger partial charge is 0.357 e. The van der Waals surface area contributed by atoms with Gasteiger partial charge in [0.25, 0.3) is 5.91 Å². The maximum absolute atomic E-state index is 13.1. The molecule has 4 atom stereocenters. The fraction of sp³-hybridized carbons (Fsp3) is 0.407. The molecule has 1 fully saturated rings. The number of Topliss-reactive ketones (excluding diaryl/α,β-unsaturated/α-hetero) is 1. The van der Waals surface area contributed by atoms with Crippen LogP contribution in [0.3, 0.4) is 0 Å². The number of ether oxygens (including phenoxy) is 1. The Morgan fingerprint density at radius 3 is 2.71 bits per heavy atom. The van der Waals surface area contributed by atoms with E-state index in [2.05, 4.69) is 10.3 Å². The third-order valence-electron chi connectivity index (χ3n) is 6.56. The first kappa shape index (κ1) is 28.4. The van der Waals surface area contributed by atoms with Crippen molar-refractivity contribution in [3.05, 3.63) is 72.8 Å². The summed E-state index contributed by atoms with van der Waals surface area (Å²) in [5.74, 6) is -2.83. The van der Waals surface area contributed by atoms with Crippen LogP contribution in [0.4, 0.5) is 0 Å². The third kappa shape index (κ3) is 6.68. The fourth-order valence-corrected chi connectivity index (χ4v) is 6.64. The average Bonchev–Trinajstić information content (AvgIpc) is 3.68. The fourth-order valence-electron chi connectivity index (χ4n) is 4.62. The monoisotopic (exact) mass is 576 g/mol. The molecule has 0 bridgehead atoms. The Kier molecular flexibility index (Phi) is 9.67. The van der Waals surface area contributed by atoms with Crippen LogP contribution in [0.1, 0.15) is 63.6 Å². The molecule has 3 N–H and O–H groups in total. The number of thiophene rings is 1. The van der Waals surface area contributed by atoms with Gasteiger partial charge in [-0.05, 0) is 54.8 Å². The van der Waals surface area contributed by atoms with Gasteiger partial charge < -0.3 is 20.3 Å². The van der Waals surface area contributed by atoms with Crippen LogP contribution in [0.25, 0.3) is 0 Å². The average molecular weight is 577 g/mol. The number of aliphatic hydroxyl groups excluding tert-OH is 2. The molecule has 1 aromatic carbocycles. The molecule has 1 aliphatic carbocycles. The molecule has 8 nitrogen and oxygen atoms in total. The second-order valence-corrected chi connectivity index (χ2v) is 11.4. The van der Waals surface area contributed by atoms with Crippen molar-refractivity contribution in [2.75, 3.05) is 6.61 Å². The maximum atomic E-state index is 13.1. The molecule has 2 aromatic heterocycles. The van der Waals surface area contributed by atoms with E-state index in [0.29, 0.717) is 29.3 Å². The third-order valence-corrected chi connectivity index (χ3v) is 8.89. The zero-order chi connectivity index (χ0) is 27.2. The number of halogens is 1. The highest BCUT2D eigenvalue weighted by molar-refractivity contribution is 7.10. The standard InChI is InChI=1S/C27H29ClN2O6S2/c1-2-36-27(35)21-14-38-26(30-21)19-8-5-7-18(19)22(31)23(32)24(33)25(34)29-12-17-11-15(13-37-17)10-16-6-3-4-9-20(16)28/h3-4,6,9,11,13-14,18-19,23-24,32-33H,2,5,7-8,10,12H2,1H3,(H,29,34)/t18?,19-,23-,24+/m0/s1. The van der Waals surface area contributed by atoms with Crippen molar-refractivity contribution in [2.45, 2.75) is 57.3 Å². The second-order valence-electron chi connectivity index (χ2n) is 9.13. The van der Waals surface area contributed by atoms with E-state index in [4.69, 9.17) is 16.3 Å². The topological polar surface area (TPSA) is 126 Å². The molecule has 1 amide bonds. The highest BCUT2D eigenvalue weighted by Crippen LogP contribution is 2.42. The first-order valence-electron chi connectivity index (χ1n) is 12.4. The Hall–Kier alpha value is -2.63. The number of hydrogen-bond acceptors (Lipinski definition) is 9. The number of esters is 1. The lowest BCUT2D eigenvalue weighted by Gasteiger charge is -2.22. The molecule has 11 heteroatoms. The molecule has 2 heterocycles. The molecule has 38 heavy (non-hydrogen) atoms. The minimum Gasteiger partial charge on any atom is -0.461 e. The van der Waals surface area contributed by atoms with Crippen molar-refractivity contribution in [2.24, 2.45) is 5.92 Å². The van der Waals surface area contributed by atoms with Crippen LogP contribution < -0.4 is 5.32 Å². The van der Waals surface area contributed by atoms with Crippen LogP contribution in [0.15, 0.2) is 41.1 Å². The van der Waals surface area contributed by atoms with Gasteiger partial charge in [0.05, 0.1) is 18.2 Å². The number of aliphatic hydroxyl groups is 2. The van der Waals surface area contributed by atoms with Crippen molar-refractivity contribution in [3.63, 3.8) is 0 Å². The van der Waals surface area contributed by atoms with Crippen LogP contribution in [0.5, 0.6) is 0 Å². The number of thiazole rings is 1.